The predicted octanol–water partition coefficient (Wildman–Crippen LogP) is 10.1. The van der Waals surface area contributed by atoms with Crippen molar-refractivity contribution in [2.45, 2.75) is 53.6 Å². The van der Waals surface area contributed by atoms with Gasteiger partial charge in [0, 0.05) is 43.0 Å². The standard InChI is InChI=1S/C44H39O3P3/c1-24-14-18-30-34(22-24)48-42-32(45-30)20-16-26(3)38(42)28-10-8-12-36-40(28)47-41-29(11-9-13-37(41)50(36)44(5,6)7)39-27(4)17-21-33-43(39)49-35-23-25(2)15-19-31(35)46-33/h8-23,48-49H,1-7H3. The molecule has 3 aliphatic heterocycles. The number of aryl methyl sites for hydroxylation is 4. The van der Waals surface area contributed by atoms with Gasteiger partial charge in [-0.15, -0.1) is 0 Å². The van der Waals surface area contributed by atoms with E-state index in [0.717, 1.165) is 45.6 Å². The van der Waals surface area contributed by atoms with E-state index in [2.05, 4.69) is 146 Å². The lowest BCUT2D eigenvalue weighted by Gasteiger charge is -2.39. The van der Waals surface area contributed by atoms with Crippen molar-refractivity contribution in [2.24, 2.45) is 0 Å². The van der Waals surface area contributed by atoms with Crippen LogP contribution in [0.3, 0.4) is 0 Å². The van der Waals surface area contributed by atoms with Crippen molar-refractivity contribution in [1.29, 1.82) is 0 Å². The van der Waals surface area contributed by atoms with Crippen molar-refractivity contribution in [3.8, 4) is 56.8 Å². The Morgan fingerprint density at radius 1 is 0.500 bits per heavy atom. The fourth-order valence-corrected chi connectivity index (χ4v) is 13.6. The van der Waals surface area contributed by atoms with Crippen LogP contribution in [0.4, 0.5) is 0 Å². The summed E-state index contributed by atoms with van der Waals surface area (Å²) >= 11 is 0. The van der Waals surface area contributed by atoms with Gasteiger partial charge in [-0.1, -0.05) is 110 Å². The molecule has 9 rings (SSSR count). The van der Waals surface area contributed by atoms with Crippen molar-refractivity contribution in [3.63, 3.8) is 0 Å². The maximum absolute atomic E-state index is 7.38. The van der Waals surface area contributed by atoms with Crippen LogP contribution in [0, 0.1) is 27.7 Å². The topological polar surface area (TPSA) is 27.7 Å². The van der Waals surface area contributed by atoms with Crippen molar-refractivity contribution in [2.75, 3.05) is 0 Å². The van der Waals surface area contributed by atoms with Crippen LogP contribution < -0.4 is 46.0 Å². The molecule has 50 heavy (non-hydrogen) atoms. The Bertz CT molecular complexity index is 2240. The molecular weight excluding hydrogens is 669 g/mol. The smallest absolute Gasteiger partial charge is 0.143 e. The van der Waals surface area contributed by atoms with Gasteiger partial charge in [-0.3, -0.25) is 0 Å². The molecule has 0 aromatic heterocycles. The van der Waals surface area contributed by atoms with Crippen molar-refractivity contribution >= 4 is 56.9 Å². The molecule has 2 atom stereocenters. The quantitative estimate of drug-likeness (QED) is 0.167. The van der Waals surface area contributed by atoms with Crippen molar-refractivity contribution < 1.29 is 14.2 Å². The Kier molecular flexibility index (Phi) is 7.53. The summed E-state index contributed by atoms with van der Waals surface area (Å²) in [5.74, 6) is 5.76. The molecule has 6 aromatic rings. The molecule has 0 saturated carbocycles. The van der Waals surface area contributed by atoms with Crippen molar-refractivity contribution in [1.82, 2.24) is 0 Å². The second-order valence-electron chi connectivity index (χ2n) is 14.6. The van der Waals surface area contributed by atoms with Gasteiger partial charge in [-0.25, -0.2) is 0 Å². The second-order valence-corrected chi connectivity index (χ2v) is 20.2. The second kappa shape index (κ2) is 11.8. The number of ether oxygens (including phenoxy) is 3. The van der Waals surface area contributed by atoms with Crippen LogP contribution in [0.15, 0.2) is 97.1 Å². The number of para-hydroxylation sites is 2. The fourth-order valence-electron chi connectivity index (χ4n) is 7.62. The van der Waals surface area contributed by atoms with Gasteiger partial charge in [0.1, 0.15) is 34.5 Å². The normalized spacial score (nSPS) is 16.2. The number of hydrogen-bond acceptors (Lipinski definition) is 3. The summed E-state index contributed by atoms with van der Waals surface area (Å²) in [5, 5.41) is 7.60. The van der Waals surface area contributed by atoms with E-state index in [-0.39, 0.29) is 5.16 Å². The zero-order valence-electron chi connectivity index (χ0n) is 29.4. The maximum atomic E-state index is 7.38. The van der Waals surface area contributed by atoms with Crippen LogP contribution in [-0.4, -0.2) is 5.16 Å². The van der Waals surface area contributed by atoms with Crippen LogP contribution in [0.25, 0.3) is 22.3 Å². The van der Waals surface area contributed by atoms with Gasteiger partial charge in [0.25, 0.3) is 0 Å². The maximum Gasteiger partial charge on any atom is 0.143 e. The number of fused-ring (bicyclic) bond motifs is 6. The Balaban J connectivity index is 1.25. The zero-order chi connectivity index (χ0) is 34.5. The predicted molar refractivity (Wildman–Crippen MR) is 217 cm³/mol. The molecule has 0 spiro atoms. The number of rotatable bonds is 2. The van der Waals surface area contributed by atoms with Gasteiger partial charge in [-0.2, -0.15) is 0 Å². The van der Waals surface area contributed by atoms with E-state index in [0.29, 0.717) is 17.2 Å². The average Bonchev–Trinajstić information content (AvgIpc) is 3.08. The first-order valence-electron chi connectivity index (χ1n) is 17.2. The minimum absolute atomic E-state index is 0.00115. The first-order valence-corrected chi connectivity index (χ1v) is 20.5. The van der Waals surface area contributed by atoms with Gasteiger partial charge in [0.15, 0.2) is 0 Å². The molecule has 2 unspecified atom stereocenters. The fraction of sp³-hybridized carbons (Fsp3) is 0.182. The van der Waals surface area contributed by atoms with Gasteiger partial charge >= 0.3 is 0 Å². The van der Waals surface area contributed by atoms with Crippen molar-refractivity contribution in [3.05, 3.63) is 119 Å². The summed E-state index contributed by atoms with van der Waals surface area (Å²) in [5.41, 5.74) is 9.70. The molecule has 0 saturated heterocycles. The summed E-state index contributed by atoms with van der Waals surface area (Å²) in [6.45, 7) is 15.9. The highest BCUT2D eigenvalue weighted by Crippen LogP contribution is 2.58. The highest BCUT2D eigenvalue weighted by molar-refractivity contribution is 7.74. The number of hydrogen-bond donors (Lipinski definition) is 0. The Morgan fingerprint density at radius 3 is 1.38 bits per heavy atom. The molecule has 0 fully saturated rings. The molecule has 6 heteroatoms. The third-order valence-corrected chi connectivity index (χ3v) is 15.7. The molecule has 3 heterocycles. The summed E-state index contributed by atoms with van der Waals surface area (Å²) in [4.78, 5) is 0. The van der Waals surface area contributed by atoms with E-state index in [9.17, 15) is 0 Å². The van der Waals surface area contributed by atoms with E-state index >= 15 is 0 Å². The Hall–Kier alpha value is -3.99. The van der Waals surface area contributed by atoms with Crippen LogP contribution in [-0.2, 0) is 0 Å². The lowest BCUT2D eigenvalue weighted by molar-refractivity contribution is 0.487. The summed E-state index contributed by atoms with van der Waals surface area (Å²) in [7, 11) is 0.210. The zero-order valence-corrected chi connectivity index (χ0v) is 32.3. The lowest BCUT2D eigenvalue weighted by Crippen LogP contribution is -2.32. The summed E-state index contributed by atoms with van der Waals surface area (Å²) in [6, 6.07) is 35.3. The molecule has 0 aliphatic carbocycles. The molecule has 3 nitrogen and oxygen atoms in total. The summed E-state index contributed by atoms with van der Waals surface area (Å²) in [6.07, 6.45) is 0. The van der Waals surface area contributed by atoms with Crippen LogP contribution in [0.5, 0.6) is 34.5 Å². The largest absolute Gasteiger partial charge is 0.456 e. The molecule has 0 amide bonds. The minimum atomic E-state index is -0.775. The van der Waals surface area contributed by atoms with Gasteiger partial charge in [0.2, 0.25) is 0 Å². The molecule has 248 valence electrons. The first-order chi connectivity index (χ1) is 24.0. The van der Waals surface area contributed by atoms with Crippen LogP contribution in [0.2, 0.25) is 0 Å². The van der Waals surface area contributed by atoms with E-state index in [4.69, 9.17) is 14.2 Å². The molecule has 0 bridgehead atoms. The SMILES string of the molecule is Cc1ccc2c(c1)Pc1c(ccc(C)c1-c1cccc3c1Oc1c(-c4c(C)ccc5c4Pc4cc(C)ccc4O5)cccc1P3C(C)(C)C)O2. The lowest BCUT2D eigenvalue weighted by atomic mass is 9.97. The van der Waals surface area contributed by atoms with Gasteiger partial charge < -0.3 is 14.2 Å². The highest BCUT2D eigenvalue weighted by atomic mass is 31.1. The number of benzene rings is 6. The summed E-state index contributed by atoms with van der Waals surface area (Å²) < 4.78 is 20.5. The molecule has 6 aromatic carbocycles. The Morgan fingerprint density at radius 2 is 0.940 bits per heavy atom. The van der Waals surface area contributed by atoms with E-state index in [1.54, 1.807) is 0 Å². The highest BCUT2D eigenvalue weighted by Gasteiger charge is 2.39. The average molecular weight is 709 g/mol. The monoisotopic (exact) mass is 708 g/mol. The molecular formula is C44H39O3P3. The Labute approximate surface area is 299 Å². The molecule has 0 radical (unpaired) electrons. The third kappa shape index (κ3) is 5.13. The third-order valence-electron chi connectivity index (χ3n) is 9.86. The molecule has 3 aliphatic rings. The van der Waals surface area contributed by atoms with E-state index in [1.807, 2.05) is 0 Å². The van der Waals surface area contributed by atoms with Gasteiger partial charge in [-0.05, 0) is 99.4 Å². The van der Waals surface area contributed by atoms with E-state index < -0.39 is 7.92 Å². The van der Waals surface area contributed by atoms with Gasteiger partial charge in [0.05, 0.1) is 0 Å². The van der Waals surface area contributed by atoms with E-state index in [1.165, 1.54) is 65.2 Å². The van der Waals surface area contributed by atoms with Crippen LogP contribution >= 0.6 is 25.1 Å². The first kappa shape index (κ1) is 32.0. The van der Waals surface area contributed by atoms with Crippen LogP contribution in [0.1, 0.15) is 43.0 Å². The molecule has 0 N–H and O–H groups in total. The minimum Gasteiger partial charge on any atom is -0.456 e.